The Balaban J connectivity index is 1.39. The molecule has 0 aliphatic heterocycles. The third kappa shape index (κ3) is 3.40. The summed E-state index contributed by atoms with van der Waals surface area (Å²) in [7, 11) is 0. The molecule has 2 aromatic carbocycles. The highest BCUT2D eigenvalue weighted by Gasteiger charge is 2.26. The lowest BCUT2D eigenvalue weighted by atomic mass is 9.77. The molecule has 0 radical (unpaired) electrons. The summed E-state index contributed by atoms with van der Waals surface area (Å²) < 4.78 is 13.0. The third-order valence-electron chi connectivity index (χ3n) is 4.79. The van der Waals surface area contributed by atoms with Gasteiger partial charge in [-0.3, -0.25) is 4.79 Å². The number of thiazole rings is 1. The van der Waals surface area contributed by atoms with Gasteiger partial charge in [-0.2, -0.15) is 0 Å². The summed E-state index contributed by atoms with van der Waals surface area (Å²) in [5.41, 5.74) is 4.45. The van der Waals surface area contributed by atoms with Crippen LogP contribution in [0.15, 0.2) is 48.5 Å². The van der Waals surface area contributed by atoms with E-state index in [1.165, 1.54) is 34.6 Å². The Kier molecular flexibility index (Phi) is 4.55. The first kappa shape index (κ1) is 16.9. The zero-order valence-electron chi connectivity index (χ0n) is 14.5. The number of carbonyl (C=O) groups is 1. The van der Waals surface area contributed by atoms with Crippen LogP contribution in [0.2, 0.25) is 0 Å². The zero-order chi connectivity index (χ0) is 18.1. The molecule has 0 unspecified atom stereocenters. The number of fused-ring (bicyclic) bond motifs is 1. The molecule has 1 amide bonds. The SMILES string of the molecule is Cc1nc(Cc2ccc(F)cc2)sc1C(=O)NC[C@@H]1Cc2ccccc21. The summed E-state index contributed by atoms with van der Waals surface area (Å²) in [4.78, 5) is 17.7. The number of nitrogens with one attached hydrogen (secondary N) is 1. The lowest BCUT2D eigenvalue weighted by Gasteiger charge is -2.30. The second kappa shape index (κ2) is 7.00. The Labute approximate surface area is 155 Å². The summed E-state index contributed by atoms with van der Waals surface area (Å²) in [6.45, 7) is 2.51. The van der Waals surface area contributed by atoms with Gasteiger partial charge in [0.15, 0.2) is 0 Å². The zero-order valence-corrected chi connectivity index (χ0v) is 15.3. The maximum atomic E-state index is 13.0. The van der Waals surface area contributed by atoms with Crippen molar-refractivity contribution < 1.29 is 9.18 Å². The van der Waals surface area contributed by atoms with Gasteiger partial charge in [-0.25, -0.2) is 9.37 Å². The molecule has 1 N–H and O–H groups in total. The summed E-state index contributed by atoms with van der Waals surface area (Å²) in [5, 5.41) is 3.92. The number of aryl methyl sites for hydroxylation is 1. The van der Waals surface area contributed by atoms with Crippen molar-refractivity contribution in [3.63, 3.8) is 0 Å². The number of benzene rings is 2. The Morgan fingerprint density at radius 1 is 1.23 bits per heavy atom. The second-order valence-corrected chi connectivity index (χ2v) is 7.72. The molecule has 3 aromatic rings. The summed E-state index contributed by atoms with van der Waals surface area (Å²) in [6, 6.07) is 14.8. The van der Waals surface area contributed by atoms with Crippen LogP contribution in [0.5, 0.6) is 0 Å². The molecule has 0 saturated heterocycles. The van der Waals surface area contributed by atoms with E-state index in [-0.39, 0.29) is 11.7 Å². The number of hydrogen-bond acceptors (Lipinski definition) is 3. The lowest BCUT2D eigenvalue weighted by molar-refractivity contribution is 0.0953. The maximum absolute atomic E-state index is 13.0. The van der Waals surface area contributed by atoms with Crippen LogP contribution in [0.3, 0.4) is 0 Å². The predicted octanol–water partition coefficient (Wildman–Crippen LogP) is 4.25. The van der Waals surface area contributed by atoms with Crippen LogP contribution in [0.1, 0.15) is 43.0 Å². The summed E-state index contributed by atoms with van der Waals surface area (Å²) >= 11 is 1.41. The van der Waals surface area contributed by atoms with Crippen molar-refractivity contribution in [1.82, 2.24) is 10.3 Å². The largest absolute Gasteiger partial charge is 0.351 e. The minimum Gasteiger partial charge on any atom is -0.351 e. The van der Waals surface area contributed by atoms with E-state index in [2.05, 4.69) is 28.5 Å². The van der Waals surface area contributed by atoms with Crippen LogP contribution in [-0.4, -0.2) is 17.4 Å². The van der Waals surface area contributed by atoms with Gasteiger partial charge < -0.3 is 5.32 Å². The van der Waals surface area contributed by atoms with Gasteiger partial charge in [0.25, 0.3) is 5.91 Å². The third-order valence-corrected chi connectivity index (χ3v) is 5.94. The van der Waals surface area contributed by atoms with Crippen LogP contribution in [-0.2, 0) is 12.8 Å². The van der Waals surface area contributed by atoms with Gasteiger partial charge in [0, 0.05) is 18.9 Å². The van der Waals surface area contributed by atoms with E-state index in [1.807, 2.05) is 13.0 Å². The van der Waals surface area contributed by atoms with Gasteiger partial charge in [0.2, 0.25) is 0 Å². The first-order valence-electron chi connectivity index (χ1n) is 8.67. The topological polar surface area (TPSA) is 42.0 Å². The number of rotatable bonds is 5. The first-order valence-corrected chi connectivity index (χ1v) is 9.48. The maximum Gasteiger partial charge on any atom is 0.263 e. The second-order valence-electron chi connectivity index (χ2n) is 6.64. The molecule has 1 aliphatic carbocycles. The average molecular weight is 366 g/mol. The molecule has 4 rings (SSSR count). The monoisotopic (exact) mass is 366 g/mol. The number of hydrogen-bond donors (Lipinski definition) is 1. The molecule has 0 bridgehead atoms. The molecule has 132 valence electrons. The predicted molar refractivity (Wildman–Crippen MR) is 101 cm³/mol. The van der Waals surface area contributed by atoms with Crippen molar-refractivity contribution in [2.75, 3.05) is 6.54 Å². The highest BCUT2D eigenvalue weighted by Crippen LogP contribution is 2.34. The number of halogens is 1. The van der Waals surface area contributed by atoms with E-state index in [9.17, 15) is 9.18 Å². The Morgan fingerprint density at radius 2 is 2.00 bits per heavy atom. The fourth-order valence-electron chi connectivity index (χ4n) is 3.36. The number of amides is 1. The van der Waals surface area contributed by atoms with Crippen LogP contribution in [0.4, 0.5) is 4.39 Å². The molecule has 26 heavy (non-hydrogen) atoms. The van der Waals surface area contributed by atoms with Gasteiger partial charge in [-0.1, -0.05) is 36.4 Å². The fraction of sp³-hybridized carbons (Fsp3) is 0.238. The quantitative estimate of drug-likeness (QED) is 0.733. The van der Waals surface area contributed by atoms with Crippen molar-refractivity contribution in [2.45, 2.75) is 25.7 Å². The molecule has 0 spiro atoms. The van der Waals surface area contributed by atoms with E-state index in [1.54, 1.807) is 12.1 Å². The molecule has 1 heterocycles. The smallest absolute Gasteiger partial charge is 0.263 e. The molecule has 0 saturated carbocycles. The minimum absolute atomic E-state index is 0.0604. The van der Waals surface area contributed by atoms with Crippen molar-refractivity contribution in [1.29, 1.82) is 0 Å². The molecule has 5 heteroatoms. The van der Waals surface area contributed by atoms with Gasteiger partial charge >= 0.3 is 0 Å². The Hall–Kier alpha value is -2.53. The van der Waals surface area contributed by atoms with Gasteiger partial charge in [-0.15, -0.1) is 11.3 Å². The molecule has 1 aliphatic rings. The molecule has 1 atom stereocenters. The lowest BCUT2D eigenvalue weighted by Crippen LogP contribution is -2.33. The molecular formula is C21H19FN2OS. The highest BCUT2D eigenvalue weighted by atomic mass is 32.1. The molecular weight excluding hydrogens is 347 g/mol. The normalized spacial score (nSPS) is 15.2. The molecule has 3 nitrogen and oxygen atoms in total. The minimum atomic E-state index is -0.248. The van der Waals surface area contributed by atoms with Gasteiger partial charge in [-0.05, 0) is 42.2 Å². The number of nitrogens with zero attached hydrogens (tertiary/aromatic N) is 1. The van der Waals surface area contributed by atoms with Crippen molar-refractivity contribution in [3.8, 4) is 0 Å². The fourth-order valence-corrected chi connectivity index (χ4v) is 4.37. The van der Waals surface area contributed by atoms with Crippen LogP contribution < -0.4 is 5.32 Å². The van der Waals surface area contributed by atoms with Crippen LogP contribution >= 0.6 is 11.3 Å². The van der Waals surface area contributed by atoms with E-state index in [0.29, 0.717) is 23.8 Å². The van der Waals surface area contributed by atoms with E-state index >= 15 is 0 Å². The standard InChI is InChI=1S/C21H19FN2OS/c1-13-20(26-19(24-13)10-14-6-8-17(22)9-7-14)21(25)23-12-16-11-15-4-2-3-5-18(15)16/h2-9,16H,10-12H2,1H3,(H,23,25)/t16-/m0/s1. The van der Waals surface area contributed by atoms with E-state index in [4.69, 9.17) is 0 Å². The average Bonchev–Trinajstić information content (AvgIpc) is 2.98. The summed E-state index contributed by atoms with van der Waals surface area (Å²) in [5.74, 6) is 0.0958. The Bertz CT molecular complexity index is 949. The molecule has 1 aromatic heterocycles. The highest BCUT2D eigenvalue weighted by molar-refractivity contribution is 7.13. The van der Waals surface area contributed by atoms with E-state index in [0.717, 1.165) is 22.7 Å². The van der Waals surface area contributed by atoms with Crippen LogP contribution in [0.25, 0.3) is 0 Å². The first-order chi connectivity index (χ1) is 12.6. The van der Waals surface area contributed by atoms with Gasteiger partial charge in [0.05, 0.1) is 10.7 Å². The van der Waals surface area contributed by atoms with Crippen LogP contribution in [0, 0.1) is 12.7 Å². The van der Waals surface area contributed by atoms with Crippen molar-refractivity contribution in [2.24, 2.45) is 0 Å². The number of carbonyl (C=O) groups excluding carboxylic acids is 1. The van der Waals surface area contributed by atoms with E-state index < -0.39 is 0 Å². The summed E-state index contributed by atoms with van der Waals surface area (Å²) in [6.07, 6.45) is 1.63. The Morgan fingerprint density at radius 3 is 2.77 bits per heavy atom. The number of aromatic nitrogens is 1. The van der Waals surface area contributed by atoms with Crippen molar-refractivity contribution >= 4 is 17.2 Å². The van der Waals surface area contributed by atoms with Crippen molar-refractivity contribution in [3.05, 3.63) is 86.6 Å². The molecule has 0 fully saturated rings. The van der Waals surface area contributed by atoms with Gasteiger partial charge in [0.1, 0.15) is 10.7 Å².